The molecule has 0 atom stereocenters. The summed E-state index contributed by atoms with van der Waals surface area (Å²) < 4.78 is 56.0. The van der Waals surface area contributed by atoms with Crippen molar-refractivity contribution in [3.63, 3.8) is 0 Å². The van der Waals surface area contributed by atoms with Gasteiger partial charge < -0.3 is 25.7 Å². The first kappa shape index (κ1) is 29.6. The maximum Gasteiger partial charge on any atom is 0.419 e. The molecule has 11 heteroatoms. The predicted octanol–water partition coefficient (Wildman–Crippen LogP) is 5.57. The first-order valence-electron chi connectivity index (χ1n) is 12.1. The first-order chi connectivity index (χ1) is 19.1. The van der Waals surface area contributed by atoms with Crippen molar-refractivity contribution < 1.29 is 37.0 Å². The molecular formula is C29H26F3N3O5. The Hall–Kier alpha value is -4.98. The molecule has 208 valence electrons. The fraction of sp³-hybridized carbons (Fsp3) is 0.207. The molecule has 40 heavy (non-hydrogen) atoms. The third-order valence-corrected chi connectivity index (χ3v) is 5.50. The number of benzene rings is 3. The Morgan fingerprint density at radius 3 is 2.40 bits per heavy atom. The minimum atomic E-state index is -4.76. The van der Waals surface area contributed by atoms with Crippen molar-refractivity contribution >= 4 is 29.4 Å². The Balaban J connectivity index is 1.55. The Bertz CT molecular complexity index is 1410. The van der Waals surface area contributed by atoms with Gasteiger partial charge in [-0.1, -0.05) is 18.2 Å². The van der Waals surface area contributed by atoms with E-state index in [1.807, 2.05) is 6.07 Å². The van der Waals surface area contributed by atoms with E-state index in [1.54, 1.807) is 30.3 Å². The highest BCUT2D eigenvalue weighted by Crippen LogP contribution is 2.37. The maximum absolute atomic E-state index is 13.5. The van der Waals surface area contributed by atoms with E-state index in [0.717, 1.165) is 11.6 Å². The molecule has 0 bridgehead atoms. The second kappa shape index (κ2) is 13.7. The topological polar surface area (TPSA) is 138 Å². The molecule has 0 aromatic heterocycles. The van der Waals surface area contributed by atoms with Gasteiger partial charge in [-0.15, -0.1) is 0 Å². The number of carbonyl (C=O) groups is 2. The number of nitrogens with two attached hydrogens (primary N) is 2. The molecule has 0 radical (unpaired) electrons. The standard InChI is InChI=1S/C29H26F3N3O5/c30-29(31,32)24-17-21(7-11-26(24)38-15-2-1-14-33)28(37)40-23-9-3-19(4-10-23)5-12-27(36)39-16-13-20-6-8-22(34)18-25(20)35/h3-12,17-18H,1-2,13,15-16,34-35H2. The fourth-order valence-corrected chi connectivity index (χ4v) is 3.47. The van der Waals surface area contributed by atoms with E-state index in [0.29, 0.717) is 29.4 Å². The highest BCUT2D eigenvalue weighted by atomic mass is 19.4. The summed E-state index contributed by atoms with van der Waals surface area (Å²) in [6.45, 7) is 0.0498. The van der Waals surface area contributed by atoms with Gasteiger partial charge in [-0.05, 0) is 66.1 Å². The smallest absolute Gasteiger partial charge is 0.419 e. The molecule has 0 unspecified atom stereocenters. The van der Waals surface area contributed by atoms with Crippen molar-refractivity contribution in [1.29, 1.82) is 5.26 Å². The molecule has 0 aliphatic rings. The third kappa shape index (κ3) is 8.80. The monoisotopic (exact) mass is 553 g/mol. The molecule has 0 saturated carbocycles. The van der Waals surface area contributed by atoms with Crippen molar-refractivity contribution in [3.8, 4) is 17.6 Å². The number of unbranched alkanes of at least 4 members (excludes halogenated alkanes) is 1. The molecule has 0 saturated heterocycles. The number of hydrogen-bond acceptors (Lipinski definition) is 8. The minimum Gasteiger partial charge on any atom is -0.493 e. The minimum absolute atomic E-state index is 0.0717. The van der Waals surface area contributed by atoms with Crippen LogP contribution in [0.25, 0.3) is 6.08 Å². The normalized spacial score (nSPS) is 11.2. The van der Waals surface area contributed by atoms with Crippen molar-refractivity contribution in [3.05, 3.63) is 89.0 Å². The van der Waals surface area contributed by atoms with Crippen LogP contribution in [0.5, 0.6) is 11.5 Å². The number of hydrogen-bond donors (Lipinski definition) is 2. The van der Waals surface area contributed by atoms with E-state index in [2.05, 4.69) is 0 Å². The number of nitrogen functional groups attached to an aromatic ring is 2. The molecular weight excluding hydrogens is 527 g/mol. The zero-order valence-corrected chi connectivity index (χ0v) is 21.2. The summed E-state index contributed by atoms with van der Waals surface area (Å²) in [7, 11) is 0. The van der Waals surface area contributed by atoms with Gasteiger partial charge >= 0.3 is 18.1 Å². The SMILES string of the molecule is N#CCCCOc1ccc(C(=O)Oc2ccc(C=CC(=O)OCCc3ccc(N)cc3N)cc2)cc1C(F)(F)F. The van der Waals surface area contributed by atoms with Crippen molar-refractivity contribution in [2.75, 3.05) is 24.7 Å². The Kier molecular flexibility index (Phi) is 10.1. The molecule has 0 fully saturated rings. The third-order valence-electron chi connectivity index (χ3n) is 5.50. The molecule has 0 amide bonds. The number of anilines is 2. The van der Waals surface area contributed by atoms with Gasteiger partial charge in [-0.3, -0.25) is 0 Å². The van der Waals surface area contributed by atoms with Crippen LogP contribution in [0, 0.1) is 11.3 Å². The second-order valence-electron chi connectivity index (χ2n) is 8.49. The zero-order chi connectivity index (χ0) is 29.1. The average Bonchev–Trinajstić information content (AvgIpc) is 2.91. The van der Waals surface area contributed by atoms with Crippen LogP contribution in [-0.2, 0) is 22.1 Å². The zero-order valence-electron chi connectivity index (χ0n) is 21.2. The number of esters is 2. The summed E-state index contributed by atoms with van der Waals surface area (Å²) in [5, 5.41) is 8.54. The van der Waals surface area contributed by atoms with Gasteiger partial charge in [0.15, 0.2) is 0 Å². The van der Waals surface area contributed by atoms with Gasteiger partial charge in [0.1, 0.15) is 11.5 Å². The van der Waals surface area contributed by atoms with Crippen LogP contribution in [0.2, 0.25) is 0 Å². The van der Waals surface area contributed by atoms with Crippen LogP contribution >= 0.6 is 0 Å². The summed E-state index contributed by atoms with van der Waals surface area (Å²) in [6.07, 6.45) is -1.20. The van der Waals surface area contributed by atoms with E-state index in [-0.39, 0.29) is 37.4 Å². The lowest BCUT2D eigenvalue weighted by atomic mass is 10.1. The summed E-state index contributed by atoms with van der Waals surface area (Å²) in [5.41, 5.74) is 12.6. The Morgan fingerprint density at radius 1 is 0.975 bits per heavy atom. The van der Waals surface area contributed by atoms with E-state index in [1.165, 1.54) is 30.4 Å². The van der Waals surface area contributed by atoms with E-state index in [9.17, 15) is 22.8 Å². The quantitative estimate of drug-likeness (QED) is 0.103. The van der Waals surface area contributed by atoms with E-state index in [4.69, 9.17) is 30.9 Å². The number of carbonyl (C=O) groups excluding carboxylic acids is 2. The van der Waals surface area contributed by atoms with Crippen LogP contribution < -0.4 is 20.9 Å². The summed E-state index contributed by atoms with van der Waals surface area (Å²) >= 11 is 0. The highest BCUT2D eigenvalue weighted by molar-refractivity contribution is 5.91. The number of alkyl halides is 3. The summed E-state index contributed by atoms with van der Waals surface area (Å²) in [5.74, 6) is -1.90. The lowest BCUT2D eigenvalue weighted by molar-refractivity contribution is -0.139. The molecule has 3 aromatic rings. The fourth-order valence-electron chi connectivity index (χ4n) is 3.47. The Morgan fingerprint density at radius 2 is 1.73 bits per heavy atom. The number of nitrogens with zero attached hydrogens (tertiary/aromatic N) is 1. The predicted molar refractivity (Wildman–Crippen MR) is 142 cm³/mol. The van der Waals surface area contributed by atoms with Gasteiger partial charge in [0.2, 0.25) is 0 Å². The molecule has 0 aliphatic carbocycles. The maximum atomic E-state index is 13.5. The molecule has 8 nitrogen and oxygen atoms in total. The largest absolute Gasteiger partial charge is 0.493 e. The van der Waals surface area contributed by atoms with E-state index < -0.39 is 29.4 Å². The van der Waals surface area contributed by atoms with Crippen LogP contribution in [0.4, 0.5) is 24.5 Å². The number of ether oxygens (including phenoxy) is 3. The van der Waals surface area contributed by atoms with Gasteiger partial charge in [-0.2, -0.15) is 18.4 Å². The van der Waals surface area contributed by atoms with Crippen molar-refractivity contribution in [2.24, 2.45) is 0 Å². The number of nitriles is 1. The van der Waals surface area contributed by atoms with E-state index >= 15 is 0 Å². The number of rotatable bonds is 11. The van der Waals surface area contributed by atoms with Crippen molar-refractivity contribution in [1.82, 2.24) is 0 Å². The second-order valence-corrected chi connectivity index (χ2v) is 8.49. The molecule has 0 aliphatic heterocycles. The molecule has 3 aromatic carbocycles. The average molecular weight is 554 g/mol. The van der Waals surface area contributed by atoms with Crippen LogP contribution in [0.15, 0.2) is 66.7 Å². The number of halogens is 3. The van der Waals surface area contributed by atoms with Gasteiger partial charge in [-0.25, -0.2) is 9.59 Å². The molecule has 0 heterocycles. The van der Waals surface area contributed by atoms with Crippen LogP contribution in [-0.4, -0.2) is 25.2 Å². The van der Waals surface area contributed by atoms with Crippen molar-refractivity contribution in [2.45, 2.75) is 25.4 Å². The molecule has 0 spiro atoms. The first-order valence-corrected chi connectivity index (χ1v) is 12.1. The summed E-state index contributed by atoms with van der Waals surface area (Å²) in [4.78, 5) is 24.5. The Labute approximate surface area is 228 Å². The lowest BCUT2D eigenvalue weighted by Crippen LogP contribution is -2.14. The highest BCUT2D eigenvalue weighted by Gasteiger charge is 2.35. The van der Waals surface area contributed by atoms with Crippen LogP contribution in [0.1, 0.15) is 39.9 Å². The van der Waals surface area contributed by atoms with Gasteiger partial charge in [0.25, 0.3) is 0 Å². The van der Waals surface area contributed by atoms with Gasteiger partial charge in [0.05, 0.1) is 30.4 Å². The lowest BCUT2D eigenvalue weighted by Gasteiger charge is -2.15. The summed E-state index contributed by atoms with van der Waals surface area (Å²) in [6, 6.07) is 15.8. The van der Waals surface area contributed by atoms with Gasteiger partial charge in [0, 0.05) is 30.3 Å². The molecule has 4 N–H and O–H groups in total. The van der Waals surface area contributed by atoms with Crippen LogP contribution in [0.3, 0.4) is 0 Å². The molecule has 3 rings (SSSR count).